The smallest absolute Gasteiger partial charge is 0.0922 e. The van der Waals surface area contributed by atoms with Crippen LogP contribution in [0.3, 0.4) is 0 Å². The summed E-state index contributed by atoms with van der Waals surface area (Å²) >= 11 is 0. The number of nitrogens with zero attached hydrogens (tertiary/aromatic N) is 2. The zero-order chi connectivity index (χ0) is 11.5. The molecule has 1 aromatic heterocycles. The Hall–Kier alpha value is -0.870. The Morgan fingerprint density at radius 2 is 2.35 bits per heavy atom. The van der Waals surface area contributed by atoms with Crippen molar-refractivity contribution in [1.29, 1.82) is 0 Å². The second-order valence-corrected chi connectivity index (χ2v) is 5.42. The molecule has 0 aliphatic carbocycles. The van der Waals surface area contributed by atoms with E-state index in [1.165, 1.54) is 51.0 Å². The summed E-state index contributed by atoms with van der Waals surface area (Å²) in [5.74, 6) is 0.856. The summed E-state index contributed by atoms with van der Waals surface area (Å²) in [7, 11) is 0. The van der Waals surface area contributed by atoms with Crippen LogP contribution in [-0.4, -0.2) is 40.5 Å². The summed E-state index contributed by atoms with van der Waals surface area (Å²) in [6.45, 7) is 4.74. The highest BCUT2D eigenvalue weighted by atomic mass is 15.1. The van der Waals surface area contributed by atoms with Crippen LogP contribution in [0.5, 0.6) is 0 Å². The number of aromatic nitrogens is 2. The third-order valence-corrected chi connectivity index (χ3v) is 4.16. The van der Waals surface area contributed by atoms with Crippen LogP contribution in [0.25, 0.3) is 0 Å². The highest BCUT2D eigenvalue weighted by molar-refractivity contribution is 4.95. The van der Waals surface area contributed by atoms with Crippen LogP contribution in [0.2, 0.25) is 0 Å². The highest BCUT2D eigenvalue weighted by Crippen LogP contribution is 2.25. The quantitative estimate of drug-likeness (QED) is 0.830. The van der Waals surface area contributed by atoms with Gasteiger partial charge in [0.1, 0.15) is 0 Å². The van der Waals surface area contributed by atoms with Crippen molar-refractivity contribution in [2.45, 2.75) is 38.3 Å². The maximum atomic E-state index is 4.09. The van der Waals surface area contributed by atoms with Crippen LogP contribution in [0.4, 0.5) is 0 Å². The van der Waals surface area contributed by atoms with Gasteiger partial charge >= 0.3 is 0 Å². The lowest BCUT2D eigenvalue weighted by Gasteiger charge is -2.35. The molecule has 0 saturated carbocycles. The van der Waals surface area contributed by atoms with Crippen LogP contribution in [0.15, 0.2) is 12.5 Å². The molecule has 2 aliphatic heterocycles. The molecule has 17 heavy (non-hydrogen) atoms. The highest BCUT2D eigenvalue weighted by Gasteiger charge is 2.28. The van der Waals surface area contributed by atoms with Gasteiger partial charge in [0.2, 0.25) is 0 Å². The molecule has 4 nitrogen and oxygen atoms in total. The molecule has 2 atom stereocenters. The minimum Gasteiger partial charge on any atom is -0.347 e. The van der Waals surface area contributed by atoms with E-state index < -0.39 is 0 Å². The summed E-state index contributed by atoms with van der Waals surface area (Å²) in [4.78, 5) is 9.86. The number of likely N-dealkylation sites (tertiary alicyclic amines) is 1. The first-order valence-corrected chi connectivity index (χ1v) is 6.85. The average Bonchev–Trinajstić information content (AvgIpc) is 3.01. The first-order chi connectivity index (χ1) is 8.42. The Morgan fingerprint density at radius 3 is 3.12 bits per heavy atom. The van der Waals surface area contributed by atoms with Crippen LogP contribution in [-0.2, 0) is 6.54 Å². The lowest BCUT2D eigenvalue weighted by molar-refractivity contribution is 0.144. The van der Waals surface area contributed by atoms with Crippen molar-refractivity contribution in [3.05, 3.63) is 18.2 Å². The lowest BCUT2D eigenvalue weighted by atomic mass is 9.90. The van der Waals surface area contributed by atoms with E-state index >= 15 is 0 Å². The van der Waals surface area contributed by atoms with E-state index in [9.17, 15) is 0 Å². The summed E-state index contributed by atoms with van der Waals surface area (Å²) in [5, 5.41) is 3.66. The van der Waals surface area contributed by atoms with E-state index in [4.69, 9.17) is 0 Å². The van der Waals surface area contributed by atoms with Gasteiger partial charge in [0.25, 0.3) is 0 Å². The van der Waals surface area contributed by atoms with Gasteiger partial charge in [-0.05, 0) is 44.7 Å². The zero-order valence-electron chi connectivity index (χ0n) is 10.4. The van der Waals surface area contributed by atoms with E-state index in [2.05, 4.69) is 20.2 Å². The van der Waals surface area contributed by atoms with E-state index in [0.717, 1.165) is 18.5 Å². The molecular weight excluding hydrogens is 212 g/mol. The molecule has 94 valence electrons. The number of hydrogen-bond acceptors (Lipinski definition) is 3. The standard InChI is InChI=1S/C13H22N4/c1-4-13(15-5-1)11-3-2-6-17(8-11)9-12-7-14-10-16-12/h7,10-11,13,15H,1-6,8-9H2,(H,14,16). The van der Waals surface area contributed by atoms with Crippen molar-refractivity contribution < 1.29 is 0 Å². The number of nitrogens with one attached hydrogen (secondary N) is 2. The maximum absolute atomic E-state index is 4.09. The first-order valence-electron chi connectivity index (χ1n) is 6.85. The van der Waals surface area contributed by atoms with E-state index in [1.54, 1.807) is 6.33 Å². The van der Waals surface area contributed by atoms with Crippen molar-refractivity contribution in [2.24, 2.45) is 5.92 Å². The van der Waals surface area contributed by atoms with Crippen LogP contribution < -0.4 is 5.32 Å². The Morgan fingerprint density at radius 1 is 1.35 bits per heavy atom. The summed E-state index contributed by atoms with van der Waals surface area (Å²) < 4.78 is 0. The first kappa shape index (κ1) is 11.2. The van der Waals surface area contributed by atoms with Gasteiger partial charge in [-0.3, -0.25) is 4.90 Å². The lowest BCUT2D eigenvalue weighted by Crippen LogP contribution is -2.43. The van der Waals surface area contributed by atoms with E-state index in [1.807, 2.05) is 6.20 Å². The average molecular weight is 234 g/mol. The van der Waals surface area contributed by atoms with E-state index in [-0.39, 0.29) is 0 Å². The van der Waals surface area contributed by atoms with Crippen molar-refractivity contribution in [3.8, 4) is 0 Å². The molecule has 2 saturated heterocycles. The van der Waals surface area contributed by atoms with Gasteiger partial charge in [0.15, 0.2) is 0 Å². The normalized spacial score (nSPS) is 30.8. The topological polar surface area (TPSA) is 44.0 Å². The third-order valence-electron chi connectivity index (χ3n) is 4.16. The number of hydrogen-bond donors (Lipinski definition) is 2. The molecule has 0 radical (unpaired) electrons. The van der Waals surface area contributed by atoms with Crippen LogP contribution in [0.1, 0.15) is 31.4 Å². The number of piperidine rings is 1. The molecule has 3 rings (SSSR count). The minimum absolute atomic E-state index is 0.777. The van der Waals surface area contributed by atoms with Gasteiger partial charge in [-0.2, -0.15) is 0 Å². The molecule has 2 unspecified atom stereocenters. The van der Waals surface area contributed by atoms with Gasteiger partial charge in [-0.15, -0.1) is 0 Å². The molecule has 2 N–H and O–H groups in total. The second-order valence-electron chi connectivity index (χ2n) is 5.42. The largest absolute Gasteiger partial charge is 0.347 e. The molecule has 0 aromatic carbocycles. The fourth-order valence-electron chi connectivity index (χ4n) is 3.29. The van der Waals surface area contributed by atoms with Crippen molar-refractivity contribution in [2.75, 3.05) is 19.6 Å². The molecule has 2 aliphatic rings. The SMILES string of the molecule is c1ncc(CN2CCCC(C3CCCN3)C2)[nH]1. The van der Waals surface area contributed by atoms with Crippen molar-refractivity contribution >= 4 is 0 Å². The maximum Gasteiger partial charge on any atom is 0.0922 e. The predicted octanol–water partition coefficient (Wildman–Crippen LogP) is 1.37. The molecule has 0 spiro atoms. The monoisotopic (exact) mass is 234 g/mol. The summed E-state index contributed by atoms with van der Waals surface area (Å²) in [6, 6.07) is 0.777. The van der Waals surface area contributed by atoms with Crippen molar-refractivity contribution in [1.82, 2.24) is 20.2 Å². The second kappa shape index (κ2) is 5.19. The summed E-state index contributed by atoms with van der Waals surface area (Å²) in [5.41, 5.74) is 1.24. The summed E-state index contributed by atoms with van der Waals surface area (Å²) in [6.07, 6.45) is 9.20. The zero-order valence-corrected chi connectivity index (χ0v) is 10.4. The number of imidazole rings is 1. The fourth-order valence-corrected chi connectivity index (χ4v) is 3.29. The number of aromatic amines is 1. The molecule has 2 fully saturated rings. The van der Waals surface area contributed by atoms with E-state index in [0.29, 0.717) is 0 Å². The van der Waals surface area contributed by atoms with Crippen molar-refractivity contribution in [3.63, 3.8) is 0 Å². The molecule has 3 heterocycles. The molecule has 0 amide bonds. The van der Waals surface area contributed by atoms with Crippen LogP contribution >= 0.6 is 0 Å². The predicted molar refractivity (Wildman–Crippen MR) is 67.6 cm³/mol. The van der Waals surface area contributed by atoms with Gasteiger partial charge in [0, 0.05) is 31.0 Å². The van der Waals surface area contributed by atoms with Crippen LogP contribution in [0, 0.1) is 5.92 Å². The van der Waals surface area contributed by atoms with Gasteiger partial charge in [-0.1, -0.05) is 0 Å². The Bertz CT molecular complexity index is 329. The Kier molecular flexibility index (Phi) is 3.43. The molecule has 0 bridgehead atoms. The van der Waals surface area contributed by atoms with Gasteiger partial charge < -0.3 is 10.3 Å². The Balaban J connectivity index is 1.55. The Labute approximate surface area is 103 Å². The molecular formula is C13H22N4. The molecule has 1 aromatic rings. The molecule has 4 heteroatoms. The van der Waals surface area contributed by atoms with Gasteiger partial charge in [0.05, 0.1) is 6.33 Å². The minimum atomic E-state index is 0.777. The third kappa shape index (κ3) is 2.69. The number of rotatable bonds is 3. The van der Waals surface area contributed by atoms with Gasteiger partial charge in [-0.25, -0.2) is 4.98 Å². The fraction of sp³-hybridized carbons (Fsp3) is 0.769. The number of H-pyrrole nitrogens is 1.